The number of benzene rings is 2. The second kappa shape index (κ2) is 7.19. The highest BCUT2D eigenvalue weighted by atomic mass is 16.5. The van der Waals surface area contributed by atoms with Gasteiger partial charge in [-0.15, -0.1) is 0 Å². The minimum atomic E-state index is -0.145. The third-order valence-electron chi connectivity index (χ3n) is 2.87. The van der Waals surface area contributed by atoms with Gasteiger partial charge >= 0.3 is 0 Å². The summed E-state index contributed by atoms with van der Waals surface area (Å²) in [4.78, 5) is 11.9. The van der Waals surface area contributed by atoms with Gasteiger partial charge in [-0.2, -0.15) is 0 Å². The molecule has 0 bridgehead atoms. The van der Waals surface area contributed by atoms with E-state index in [-0.39, 0.29) is 5.91 Å². The van der Waals surface area contributed by atoms with Crippen LogP contribution in [0.3, 0.4) is 0 Å². The Bertz CT molecular complexity index is 597. The molecule has 0 saturated heterocycles. The highest BCUT2D eigenvalue weighted by molar-refractivity contribution is 5.94. The zero-order valence-electron chi connectivity index (χ0n) is 11.8. The van der Waals surface area contributed by atoms with Crippen molar-refractivity contribution in [2.45, 2.75) is 0 Å². The van der Waals surface area contributed by atoms with Crippen LogP contribution in [0.1, 0.15) is 10.4 Å². The Morgan fingerprint density at radius 2 is 1.90 bits per heavy atom. The summed E-state index contributed by atoms with van der Waals surface area (Å²) in [6.45, 7) is 0.797. The molecule has 2 rings (SSSR count). The summed E-state index contributed by atoms with van der Waals surface area (Å²) >= 11 is 0. The summed E-state index contributed by atoms with van der Waals surface area (Å²) in [6, 6.07) is 14.1. The van der Waals surface area contributed by atoms with Crippen molar-refractivity contribution in [3.8, 4) is 11.5 Å². The van der Waals surface area contributed by atoms with Gasteiger partial charge in [0, 0.05) is 17.3 Å². The lowest BCUT2D eigenvalue weighted by Gasteiger charge is -2.08. The van der Waals surface area contributed by atoms with E-state index in [1.54, 1.807) is 43.5 Å². The van der Waals surface area contributed by atoms with Gasteiger partial charge in [0.15, 0.2) is 0 Å². The van der Waals surface area contributed by atoms with Crippen LogP contribution in [0.2, 0.25) is 0 Å². The molecule has 2 aromatic rings. The number of nitrogens with two attached hydrogens (primary N) is 1. The summed E-state index contributed by atoms with van der Waals surface area (Å²) in [5, 5.41) is 2.79. The second-order valence-electron chi connectivity index (χ2n) is 4.41. The van der Waals surface area contributed by atoms with Gasteiger partial charge in [-0.05, 0) is 36.4 Å². The molecule has 0 heterocycles. The lowest BCUT2D eigenvalue weighted by molar-refractivity contribution is 0.0947. The van der Waals surface area contributed by atoms with Gasteiger partial charge in [0.25, 0.3) is 5.91 Å². The number of hydrogen-bond donors (Lipinski definition) is 2. The van der Waals surface area contributed by atoms with Crippen LogP contribution < -0.4 is 20.5 Å². The molecule has 3 N–H and O–H groups in total. The first-order valence-electron chi connectivity index (χ1n) is 6.59. The number of methoxy groups -OCH3 is 1. The molecule has 0 unspecified atom stereocenters. The topological polar surface area (TPSA) is 73.6 Å². The van der Waals surface area contributed by atoms with E-state index in [9.17, 15) is 4.79 Å². The van der Waals surface area contributed by atoms with Gasteiger partial charge in [-0.1, -0.05) is 6.07 Å². The molecular weight excluding hydrogens is 268 g/mol. The Balaban J connectivity index is 1.76. The largest absolute Gasteiger partial charge is 0.497 e. The molecular formula is C16H18N2O3. The van der Waals surface area contributed by atoms with Gasteiger partial charge in [-0.25, -0.2) is 0 Å². The molecule has 0 aliphatic rings. The highest BCUT2D eigenvalue weighted by Crippen LogP contribution is 2.14. The van der Waals surface area contributed by atoms with Crippen LogP contribution >= 0.6 is 0 Å². The third kappa shape index (κ3) is 4.42. The van der Waals surface area contributed by atoms with Gasteiger partial charge in [0.05, 0.1) is 13.7 Å². The predicted molar refractivity (Wildman–Crippen MR) is 81.7 cm³/mol. The fraction of sp³-hybridized carbons (Fsp3) is 0.188. The number of nitrogen functional groups attached to an aromatic ring is 1. The molecule has 1 amide bonds. The van der Waals surface area contributed by atoms with Crippen molar-refractivity contribution in [1.29, 1.82) is 0 Å². The van der Waals surface area contributed by atoms with E-state index in [1.165, 1.54) is 0 Å². The number of hydrogen-bond acceptors (Lipinski definition) is 4. The van der Waals surface area contributed by atoms with Crippen LogP contribution in [-0.4, -0.2) is 26.2 Å². The fourth-order valence-electron chi connectivity index (χ4n) is 1.78. The number of carbonyl (C=O) groups is 1. The van der Waals surface area contributed by atoms with E-state index < -0.39 is 0 Å². The SMILES string of the molecule is COc1ccc(C(=O)NCCOc2cccc(N)c2)cc1. The number of ether oxygens (including phenoxy) is 2. The van der Waals surface area contributed by atoms with Crippen LogP contribution in [0.25, 0.3) is 0 Å². The first-order chi connectivity index (χ1) is 10.2. The maximum absolute atomic E-state index is 11.9. The fourth-order valence-corrected chi connectivity index (χ4v) is 1.78. The molecule has 5 nitrogen and oxygen atoms in total. The molecule has 2 aromatic carbocycles. The van der Waals surface area contributed by atoms with Crippen molar-refractivity contribution in [1.82, 2.24) is 5.32 Å². The first-order valence-corrected chi connectivity index (χ1v) is 6.59. The van der Waals surface area contributed by atoms with Crippen molar-refractivity contribution in [2.24, 2.45) is 0 Å². The standard InChI is InChI=1S/C16H18N2O3/c1-20-14-7-5-12(6-8-14)16(19)18-9-10-21-15-4-2-3-13(17)11-15/h2-8,11H,9-10,17H2,1H3,(H,18,19). The molecule has 0 fully saturated rings. The number of anilines is 1. The minimum absolute atomic E-state index is 0.145. The molecule has 0 atom stereocenters. The Morgan fingerprint density at radius 1 is 1.14 bits per heavy atom. The Kier molecular flexibility index (Phi) is 5.04. The molecule has 5 heteroatoms. The first kappa shape index (κ1) is 14.7. The maximum Gasteiger partial charge on any atom is 0.251 e. The number of rotatable bonds is 6. The third-order valence-corrected chi connectivity index (χ3v) is 2.87. The molecule has 0 spiro atoms. The van der Waals surface area contributed by atoms with Crippen LogP contribution in [-0.2, 0) is 0 Å². The quantitative estimate of drug-likeness (QED) is 0.630. The van der Waals surface area contributed by atoms with E-state index in [1.807, 2.05) is 12.1 Å². The highest BCUT2D eigenvalue weighted by Gasteiger charge is 2.04. The van der Waals surface area contributed by atoms with Gasteiger partial charge in [0.1, 0.15) is 18.1 Å². The average Bonchev–Trinajstić information content (AvgIpc) is 2.51. The van der Waals surface area contributed by atoms with Crippen LogP contribution in [0.4, 0.5) is 5.69 Å². The Morgan fingerprint density at radius 3 is 2.57 bits per heavy atom. The summed E-state index contributed by atoms with van der Waals surface area (Å²) < 4.78 is 10.5. The van der Waals surface area contributed by atoms with Crippen molar-refractivity contribution in [2.75, 3.05) is 26.0 Å². The van der Waals surface area contributed by atoms with E-state index in [0.717, 1.165) is 5.75 Å². The van der Waals surface area contributed by atoms with Crippen molar-refractivity contribution in [3.05, 3.63) is 54.1 Å². The predicted octanol–water partition coefficient (Wildman–Crippen LogP) is 2.09. The molecule has 0 radical (unpaired) electrons. The summed E-state index contributed by atoms with van der Waals surface area (Å²) in [6.07, 6.45) is 0. The molecule has 110 valence electrons. The zero-order chi connectivity index (χ0) is 15.1. The smallest absolute Gasteiger partial charge is 0.251 e. The number of nitrogens with one attached hydrogen (secondary N) is 1. The zero-order valence-corrected chi connectivity index (χ0v) is 11.8. The number of amides is 1. The lowest BCUT2D eigenvalue weighted by atomic mass is 10.2. The van der Waals surface area contributed by atoms with Crippen LogP contribution in [0.5, 0.6) is 11.5 Å². The van der Waals surface area contributed by atoms with Crippen molar-refractivity contribution < 1.29 is 14.3 Å². The molecule has 0 aliphatic heterocycles. The van der Waals surface area contributed by atoms with E-state index >= 15 is 0 Å². The normalized spacial score (nSPS) is 9.95. The van der Waals surface area contributed by atoms with Crippen LogP contribution in [0, 0.1) is 0 Å². The number of carbonyl (C=O) groups excluding carboxylic acids is 1. The Hall–Kier alpha value is -2.69. The maximum atomic E-state index is 11.9. The summed E-state index contributed by atoms with van der Waals surface area (Å²) in [7, 11) is 1.59. The van der Waals surface area contributed by atoms with Gasteiger partial charge in [-0.3, -0.25) is 4.79 Å². The Labute approximate surface area is 123 Å². The molecule has 0 saturated carbocycles. The minimum Gasteiger partial charge on any atom is -0.497 e. The van der Waals surface area contributed by atoms with Gasteiger partial charge < -0.3 is 20.5 Å². The van der Waals surface area contributed by atoms with E-state index in [4.69, 9.17) is 15.2 Å². The molecule has 21 heavy (non-hydrogen) atoms. The second-order valence-corrected chi connectivity index (χ2v) is 4.41. The summed E-state index contributed by atoms with van der Waals surface area (Å²) in [5.74, 6) is 1.26. The van der Waals surface area contributed by atoms with Crippen LogP contribution in [0.15, 0.2) is 48.5 Å². The van der Waals surface area contributed by atoms with Crippen molar-refractivity contribution in [3.63, 3.8) is 0 Å². The molecule has 0 aliphatic carbocycles. The molecule has 0 aromatic heterocycles. The van der Waals surface area contributed by atoms with E-state index in [2.05, 4.69) is 5.32 Å². The lowest BCUT2D eigenvalue weighted by Crippen LogP contribution is -2.28. The van der Waals surface area contributed by atoms with E-state index in [0.29, 0.717) is 30.2 Å². The van der Waals surface area contributed by atoms with Gasteiger partial charge in [0.2, 0.25) is 0 Å². The summed E-state index contributed by atoms with van der Waals surface area (Å²) in [5.41, 5.74) is 6.88. The monoisotopic (exact) mass is 286 g/mol. The van der Waals surface area contributed by atoms with Crippen molar-refractivity contribution >= 4 is 11.6 Å². The average molecular weight is 286 g/mol.